The molecule has 0 bridgehead atoms. The first kappa shape index (κ1) is 14.1. The van der Waals surface area contributed by atoms with Crippen molar-refractivity contribution in [1.82, 2.24) is 5.32 Å². The second-order valence-electron chi connectivity index (χ2n) is 7.28. The molecule has 0 aromatic heterocycles. The van der Waals surface area contributed by atoms with Crippen molar-refractivity contribution in [2.75, 3.05) is 0 Å². The Balaban J connectivity index is 1.54. The van der Waals surface area contributed by atoms with E-state index in [1.54, 1.807) is 0 Å². The summed E-state index contributed by atoms with van der Waals surface area (Å²) in [4.78, 5) is 0. The molecule has 1 nitrogen and oxygen atoms in total. The Morgan fingerprint density at radius 1 is 1.10 bits per heavy atom. The molecule has 3 rings (SSSR count). The Kier molecular flexibility index (Phi) is 4.16. The van der Waals surface area contributed by atoms with Crippen LogP contribution < -0.4 is 5.32 Å². The Hall–Kier alpha value is -0.820. The lowest BCUT2D eigenvalue weighted by Gasteiger charge is -2.38. The van der Waals surface area contributed by atoms with Gasteiger partial charge >= 0.3 is 0 Å². The molecule has 1 spiro atoms. The van der Waals surface area contributed by atoms with Crippen molar-refractivity contribution >= 4 is 0 Å². The molecule has 1 heteroatoms. The van der Waals surface area contributed by atoms with E-state index in [0.29, 0.717) is 6.04 Å². The monoisotopic (exact) mass is 271 g/mol. The zero-order valence-corrected chi connectivity index (χ0v) is 13.1. The summed E-state index contributed by atoms with van der Waals surface area (Å²) in [5, 5.41) is 3.87. The molecule has 1 N–H and O–H groups in total. The van der Waals surface area contributed by atoms with Gasteiger partial charge in [-0.05, 0) is 63.4 Å². The SMILES string of the molecule is Cc1cccc([C@@H](C)NC2CCC3(CCCC3)CC2)c1. The van der Waals surface area contributed by atoms with Crippen molar-refractivity contribution in [3.8, 4) is 0 Å². The number of aryl methyl sites for hydroxylation is 1. The number of rotatable bonds is 3. The highest BCUT2D eigenvalue weighted by Gasteiger charge is 2.37. The first-order chi connectivity index (χ1) is 9.67. The third-order valence-electron chi connectivity index (χ3n) is 5.74. The van der Waals surface area contributed by atoms with Crippen molar-refractivity contribution < 1.29 is 0 Å². The van der Waals surface area contributed by atoms with Gasteiger partial charge in [0, 0.05) is 12.1 Å². The largest absolute Gasteiger partial charge is 0.307 e. The maximum atomic E-state index is 3.87. The summed E-state index contributed by atoms with van der Waals surface area (Å²) < 4.78 is 0. The number of hydrogen-bond donors (Lipinski definition) is 1. The molecule has 0 aliphatic heterocycles. The van der Waals surface area contributed by atoms with Crippen LogP contribution in [0.1, 0.15) is 75.5 Å². The van der Waals surface area contributed by atoms with E-state index >= 15 is 0 Å². The molecule has 1 aromatic carbocycles. The van der Waals surface area contributed by atoms with E-state index in [1.165, 1.54) is 62.5 Å². The van der Waals surface area contributed by atoms with Crippen LogP contribution in [0, 0.1) is 12.3 Å². The van der Waals surface area contributed by atoms with Crippen LogP contribution in [0.2, 0.25) is 0 Å². The number of hydrogen-bond acceptors (Lipinski definition) is 1. The molecule has 0 heterocycles. The minimum atomic E-state index is 0.484. The summed E-state index contributed by atoms with van der Waals surface area (Å²) in [5.41, 5.74) is 3.56. The molecule has 1 atom stereocenters. The van der Waals surface area contributed by atoms with Crippen LogP contribution >= 0.6 is 0 Å². The fourth-order valence-electron chi connectivity index (χ4n) is 4.41. The lowest BCUT2D eigenvalue weighted by atomic mass is 9.71. The van der Waals surface area contributed by atoms with Gasteiger partial charge in [0.05, 0.1) is 0 Å². The topological polar surface area (TPSA) is 12.0 Å². The third kappa shape index (κ3) is 3.09. The Morgan fingerprint density at radius 2 is 1.80 bits per heavy atom. The molecule has 0 amide bonds. The van der Waals surface area contributed by atoms with E-state index in [9.17, 15) is 0 Å². The summed E-state index contributed by atoms with van der Waals surface area (Å²) in [7, 11) is 0. The lowest BCUT2D eigenvalue weighted by molar-refractivity contribution is 0.164. The molecule has 2 fully saturated rings. The quantitative estimate of drug-likeness (QED) is 0.801. The van der Waals surface area contributed by atoms with Crippen molar-refractivity contribution in [2.24, 2.45) is 5.41 Å². The van der Waals surface area contributed by atoms with Gasteiger partial charge in [0.2, 0.25) is 0 Å². The van der Waals surface area contributed by atoms with E-state index < -0.39 is 0 Å². The van der Waals surface area contributed by atoms with Gasteiger partial charge in [-0.2, -0.15) is 0 Å². The standard InChI is InChI=1S/C19H29N/c1-15-6-5-7-17(14-15)16(2)20-18-8-12-19(13-9-18)10-3-4-11-19/h5-7,14,16,18,20H,3-4,8-13H2,1-2H3/t16-/m1/s1. The molecular weight excluding hydrogens is 242 g/mol. The molecular formula is C19H29N. The van der Waals surface area contributed by atoms with Gasteiger partial charge in [0.25, 0.3) is 0 Å². The van der Waals surface area contributed by atoms with Gasteiger partial charge in [-0.25, -0.2) is 0 Å². The van der Waals surface area contributed by atoms with E-state index in [1.807, 2.05) is 0 Å². The fourth-order valence-corrected chi connectivity index (χ4v) is 4.41. The first-order valence-electron chi connectivity index (χ1n) is 8.50. The molecule has 0 unspecified atom stereocenters. The molecule has 110 valence electrons. The Labute approximate surface area is 124 Å². The highest BCUT2D eigenvalue weighted by Crippen LogP contribution is 2.49. The van der Waals surface area contributed by atoms with Crippen molar-refractivity contribution in [3.63, 3.8) is 0 Å². The maximum Gasteiger partial charge on any atom is 0.0294 e. The van der Waals surface area contributed by atoms with Gasteiger partial charge in [-0.3, -0.25) is 0 Å². The molecule has 1 aromatic rings. The zero-order valence-electron chi connectivity index (χ0n) is 13.1. The predicted molar refractivity (Wildman–Crippen MR) is 85.9 cm³/mol. The van der Waals surface area contributed by atoms with Crippen LogP contribution in [-0.4, -0.2) is 6.04 Å². The zero-order chi connectivity index (χ0) is 14.0. The Morgan fingerprint density at radius 3 is 2.45 bits per heavy atom. The number of nitrogens with one attached hydrogen (secondary N) is 1. The third-order valence-corrected chi connectivity index (χ3v) is 5.74. The minimum absolute atomic E-state index is 0.484. The van der Waals surface area contributed by atoms with Gasteiger partial charge in [0.1, 0.15) is 0 Å². The average Bonchev–Trinajstić information content (AvgIpc) is 2.90. The normalized spacial score (nSPS) is 24.1. The van der Waals surface area contributed by atoms with Gasteiger partial charge < -0.3 is 5.32 Å². The summed E-state index contributed by atoms with van der Waals surface area (Å²) in [6, 6.07) is 10.2. The smallest absolute Gasteiger partial charge is 0.0294 e. The second-order valence-corrected chi connectivity index (χ2v) is 7.28. The average molecular weight is 271 g/mol. The predicted octanol–water partition coefficient (Wildman–Crippen LogP) is 5.15. The van der Waals surface area contributed by atoms with Crippen molar-refractivity contribution in [3.05, 3.63) is 35.4 Å². The summed E-state index contributed by atoms with van der Waals surface area (Å²) in [5.74, 6) is 0. The van der Waals surface area contributed by atoms with E-state index in [0.717, 1.165) is 11.5 Å². The van der Waals surface area contributed by atoms with Crippen LogP contribution in [0.25, 0.3) is 0 Å². The van der Waals surface area contributed by atoms with Crippen LogP contribution in [0.15, 0.2) is 24.3 Å². The minimum Gasteiger partial charge on any atom is -0.307 e. The van der Waals surface area contributed by atoms with Gasteiger partial charge in [0.15, 0.2) is 0 Å². The van der Waals surface area contributed by atoms with Crippen molar-refractivity contribution in [2.45, 2.75) is 77.3 Å². The van der Waals surface area contributed by atoms with Crippen LogP contribution in [-0.2, 0) is 0 Å². The van der Waals surface area contributed by atoms with E-state index in [-0.39, 0.29) is 0 Å². The van der Waals surface area contributed by atoms with Crippen LogP contribution in [0.3, 0.4) is 0 Å². The van der Waals surface area contributed by atoms with E-state index in [4.69, 9.17) is 0 Å². The molecule has 0 radical (unpaired) electrons. The van der Waals surface area contributed by atoms with Crippen LogP contribution in [0.4, 0.5) is 0 Å². The molecule has 2 aliphatic carbocycles. The van der Waals surface area contributed by atoms with Crippen LogP contribution in [0.5, 0.6) is 0 Å². The molecule has 2 aliphatic rings. The highest BCUT2D eigenvalue weighted by molar-refractivity contribution is 5.24. The summed E-state index contributed by atoms with van der Waals surface area (Å²) in [6.07, 6.45) is 11.7. The second kappa shape index (κ2) is 5.89. The summed E-state index contributed by atoms with van der Waals surface area (Å²) in [6.45, 7) is 4.50. The molecule has 20 heavy (non-hydrogen) atoms. The lowest BCUT2D eigenvalue weighted by Crippen LogP contribution is -2.37. The highest BCUT2D eigenvalue weighted by atomic mass is 14.9. The summed E-state index contributed by atoms with van der Waals surface area (Å²) >= 11 is 0. The van der Waals surface area contributed by atoms with Gasteiger partial charge in [-0.1, -0.05) is 42.7 Å². The number of benzene rings is 1. The first-order valence-corrected chi connectivity index (χ1v) is 8.50. The Bertz CT molecular complexity index is 435. The fraction of sp³-hybridized carbons (Fsp3) is 0.684. The molecule has 0 saturated heterocycles. The van der Waals surface area contributed by atoms with Crippen molar-refractivity contribution in [1.29, 1.82) is 0 Å². The van der Waals surface area contributed by atoms with E-state index in [2.05, 4.69) is 43.4 Å². The molecule has 2 saturated carbocycles. The van der Waals surface area contributed by atoms with Gasteiger partial charge in [-0.15, -0.1) is 0 Å². The maximum absolute atomic E-state index is 3.87.